The Morgan fingerprint density at radius 3 is 2.83 bits per heavy atom. The molecular formula is C13H14Br2N2O. The summed E-state index contributed by atoms with van der Waals surface area (Å²) in [6.07, 6.45) is 3.65. The lowest BCUT2D eigenvalue weighted by Gasteiger charge is -2.13. The zero-order valence-corrected chi connectivity index (χ0v) is 13.1. The predicted molar refractivity (Wildman–Crippen MR) is 78.4 cm³/mol. The van der Waals surface area contributed by atoms with Gasteiger partial charge in [-0.2, -0.15) is 0 Å². The largest absolute Gasteiger partial charge is 0.388 e. The molecule has 1 aromatic carbocycles. The maximum atomic E-state index is 10.3. The minimum atomic E-state index is -0.555. The van der Waals surface area contributed by atoms with Gasteiger partial charge < -0.3 is 9.67 Å². The standard InChI is InChI=1S/C13H14Br2N2O/c1-2-17-6-5-16-13(17)8-12(18)10-4-3-9(14)7-11(10)15/h3-7,12,18H,2,8H2,1H3. The number of benzene rings is 1. The maximum absolute atomic E-state index is 10.3. The maximum Gasteiger partial charge on any atom is 0.111 e. The van der Waals surface area contributed by atoms with Gasteiger partial charge in [-0.05, 0) is 24.6 Å². The highest BCUT2D eigenvalue weighted by atomic mass is 79.9. The fourth-order valence-corrected chi connectivity index (χ4v) is 3.18. The molecular weight excluding hydrogens is 360 g/mol. The number of imidazole rings is 1. The van der Waals surface area contributed by atoms with Gasteiger partial charge in [0.15, 0.2) is 0 Å². The summed E-state index contributed by atoms with van der Waals surface area (Å²) in [4.78, 5) is 4.28. The van der Waals surface area contributed by atoms with E-state index in [1.165, 1.54) is 0 Å². The van der Waals surface area contributed by atoms with E-state index < -0.39 is 6.10 Å². The second kappa shape index (κ2) is 5.99. The van der Waals surface area contributed by atoms with Crippen molar-refractivity contribution >= 4 is 31.9 Å². The monoisotopic (exact) mass is 372 g/mol. The van der Waals surface area contributed by atoms with E-state index in [2.05, 4.69) is 43.8 Å². The molecule has 0 aliphatic carbocycles. The smallest absolute Gasteiger partial charge is 0.111 e. The van der Waals surface area contributed by atoms with E-state index in [4.69, 9.17) is 0 Å². The fourth-order valence-electron chi connectivity index (χ4n) is 1.87. The Labute approximate surface area is 123 Å². The second-order valence-corrected chi connectivity index (χ2v) is 5.79. The Kier molecular flexibility index (Phi) is 4.59. The zero-order chi connectivity index (χ0) is 13.1. The molecule has 0 aliphatic rings. The fraction of sp³-hybridized carbons (Fsp3) is 0.308. The molecule has 1 aromatic heterocycles. The van der Waals surface area contributed by atoms with E-state index in [9.17, 15) is 5.11 Å². The summed E-state index contributed by atoms with van der Waals surface area (Å²) >= 11 is 6.87. The van der Waals surface area contributed by atoms with Crippen molar-refractivity contribution < 1.29 is 5.11 Å². The first-order valence-electron chi connectivity index (χ1n) is 5.74. The van der Waals surface area contributed by atoms with Crippen LogP contribution in [0.5, 0.6) is 0 Å². The van der Waals surface area contributed by atoms with Crippen molar-refractivity contribution in [2.24, 2.45) is 0 Å². The van der Waals surface area contributed by atoms with E-state index in [0.29, 0.717) is 6.42 Å². The summed E-state index contributed by atoms with van der Waals surface area (Å²) in [5.74, 6) is 0.903. The van der Waals surface area contributed by atoms with Crippen molar-refractivity contribution in [3.63, 3.8) is 0 Å². The van der Waals surface area contributed by atoms with Gasteiger partial charge in [-0.1, -0.05) is 37.9 Å². The number of aromatic nitrogens is 2. The Morgan fingerprint density at radius 1 is 1.39 bits per heavy atom. The molecule has 1 unspecified atom stereocenters. The molecule has 3 nitrogen and oxygen atoms in total. The van der Waals surface area contributed by atoms with Gasteiger partial charge in [0, 0.05) is 34.3 Å². The first kappa shape index (κ1) is 13.8. The lowest BCUT2D eigenvalue weighted by molar-refractivity contribution is 0.174. The molecule has 96 valence electrons. The Balaban J connectivity index is 2.19. The first-order valence-corrected chi connectivity index (χ1v) is 7.33. The SMILES string of the molecule is CCn1ccnc1CC(O)c1ccc(Br)cc1Br. The first-order chi connectivity index (χ1) is 8.61. The molecule has 0 spiro atoms. The van der Waals surface area contributed by atoms with E-state index in [-0.39, 0.29) is 0 Å². The van der Waals surface area contributed by atoms with Crippen LogP contribution in [0.15, 0.2) is 39.5 Å². The average molecular weight is 374 g/mol. The van der Waals surface area contributed by atoms with Crippen LogP contribution in [-0.4, -0.2) is 14.7 Å². The zero-order valence-electron chi connectivity index (χ0n) is 9.98. The summed E-state index contributed by atoms with van der Waals surface area (Å²) in [7, 11) is 0. The van der Waals surface area contributed by atoms with Crippen molar-refractivity contribution in [2.45, 2.75) is 26.0 Å². The molecule has 0 aliphatic heterocycles. The molecule has 2 rings (SSSR count). The highest BCUT2D eigenvalue weighted by Crippen LogP contribution is 2.28. The molecule has 18 heavy (non-hydrogen) atoms. The topological polar surface area (TPSA) is 38.0 Å². The van der Waals surface area contributed by atoms with Crippen LogP contribution in [0.25, 0.3) is 0 Å². The van der Waals surface area contributed by atoms with Gasteiger partial charge in [-0.25, -0.2) is 4.98 Å². The molecule has 2 aromatic rings. The van der Waals surface area contributed by atoms with Gasteiger partial charge in [0.1, 0.15) is 5.82 Å². The minimum Gasteiger partial charge on any atom is -0.388 e. The van der Waals surface area contributed by atoms with Gasteiger partial charge in [0.2, 0.25) is 0 Å². The number of hydrogen-bond acceptors (Lipinski definition) is 2. The van der Waals surface area contributed by atoms with Gasteiger partial charge in [0.25, 0.3) is 0 Å². The molecule has 0 amide bonds. The predicted octanol–water partition coefficient (Wildman–Crippen LogP) is 3.70. The van der Waals surface area contributed by atoms with Crippen LogP contribution in [0.1, 0.15) is 24.4 Å². The van der Waals surface area contributed by atoms with E-state index in [1.807, 2.05) is 29.0 Å². The lowest BCUT2D eigenvalue weighted by atomic mass is 10.1. The summed E-state index contributed by atoms with van der Waals surface area (Å²) in [6.45, 7) is 2.93. The number of aryl methyl sites for hydroxylation is 1. The van der Waals surface area contributed by atoms with Crippen molar-refractivity contribution in [1.82, 2.24) is 9.55 Å². The van der Waals surface area contributed by atoms with Crippen LogP contribution in [0.2, 0.25) is 0 Å². The number of aliphatic hydroxyl groups excluding tert-OH is 1. The molecule has 0 saturated heterocycles. The Morgan fingerprint density at radius 2 is 2.17 bits per heavy atom. The van der Waals surface area contributed by atoms with Crippen molar-refractivity contribution in [3.8, 4) is 0 Å². The van der Waals surface area contributed by atoms with Crippen LogP contribution in [0, 0.1) is 0 Å². The summed E-state index contributed by atoms with van der Waals surface area (Å²) in [5, 5.41) is 10.3. The van der Waals surface area contributed by atoms with Crippen molar-refractivity contribution in [2.75, 3.05) is 0 Å². The average Bonchev–Trinajstić information content (AvgIpc) is 2.76. The number of rotatable bonds is 4. The van der Waals surface area contributed by atoms with Crippen LogP contribution in [0.4, 0.5) is 0 Å². The molecule has 1 N–H and O–H groups in total. The number of nitrogens with zero attached hydrogens (tertiary/aromatic N) is 2. The van der Waals surface area contributed by atoms with Crippen LogP contribution < -0.4 is 0 Å². The molecule has 5 heteroatoms. The molecule has 1 heterocycles. The molecule has 1 atom stereocenters. The summed E-state index contributed by atoms with van der Waals surface area (Å²) in [5.41, 5.74) is 0.879. The van der Waals surface area contributed by atoms with Gasteiger partial charge >= 0.3 is 0 Å². The van der Waals surface area contributed by atoms with E-state index >= 15 is 0 Å². The van der Waals surface area contributed by atoms with E-state index in [0.717, 1.165) is 26.9 Å². The Hall–Kier alpha value is -0.650. The summed E-state index contributed by atoms with van der Waals surface area (Å²) < 4.78 is 3.93. The van der Waals surface area contributed by atoms with Gasteiger partial charge in [0.05, 0.1) is 6.10 Å². The quantitative estimate of drug-likeness (QED) is 0.887. The lowest BCUT2D eigenvalue weighted by Crippen LogP contribution is -2.08. The molecule has 0 bridgehead atoms. The van der Waals surface area contributed by atoms with Crippen molar-refractivity contribution in [3.05, 3.63) is 50.9 Å². The molecule has 0 saturated carbocycles. The third kappa shape index (κ3) is 3.02. The number of halogens is 2. The van der Waals surface area contributed by atoms with Crippen LogP contribution in [-0.2, 0) is 13.0 Å². The normalized spacial score (nSPS) is 12.7. The third-order valence-corrected chi connectivity index (χ3v) is 4.02. The second-order valence-electron chi connectivity index (χ2n) is 4.02. The van der Waals surface area contributed by atoms with Crippen LogP contribution in [0.3, 0.4) is 0 Å². The molecule has 0 radical (unpaired) electrons. The Bertz CT molecular complexity index is 540. The van der Waals surface area contributed by atoms with Crippen LogP contribution >= 0.6 is 31.9 Å². The number of hydrogen-bond donors (Lipinski definition) is 1. The van der Waals surface area contributed by atoms with Gasteiger partial charge in [-0.15, -0.1) is 0 Å². The molecule has 0 fully saturated rings. The van der Waals surface area contributed by atoms with E-state index in [1.54, 1.807) is 6.20 Å². The number of aliphatic hydroxyl groups is 1. The highest BCUT2D eigenvalue weighted by Gasteiger charge is 2.14. The summed E-state index contributed by atoms with van der Waals surface area (Å²) in [6, 6.07) is 5.78. The third-order valence-electron chi connectivity index (χ3n) is 2.84. The highest BCUT2D eigenvalue weighted by molar-refractivity contribution is 9.11. The van der Waals surface area contributed by atoms with Crippen molar-refractivity contribution in [1.29, 1.82) is 0 Å². The minimum absolute atomic E-state index is 0.515. The van der Waals surface area contributed by atoms with Gasteiger partial charge in [-0.3, -0.25) is 0 Å².